The summed E-state index contributed by atoms with van der Waals surface area (Å²) in [5.74, 6) is -1.52. The molecule has 3 aromatic rings. The van der Waals surface area contributed by atoms with Crippen molar-refractivity contribution in [2.75, 3.05) is 11.0 Å². The van der Waals surface area contributed by atoms with Gasteiger partial charge in [-0.3, -0.25) is 9.52 Å². The van der Waals surface area contributed by atoms with E-state index >= 15 is 0 Å². The first-order valence-corrected chi connectivity index (χ1v) is 11.8. The Morgan fingerprint density at radius 3 is 2.43 bits per heavy atom. The van der Waals surface area contributed by atoms with Crippen LogP contribution in [-0.4, -0.2) is 25.6 Å². The Morgan fingerprint density at radius 2 is 1.80 bits per heavy atom. The van der Waals surface area contributed by atoms with Crippen LogP contribution in [0.25, 0.3) is 6.08 Å². The van der Waals surface area contributed by atoms with E-state index in [1.165, 1.54) is 30.3 Å². The van der Waals surface area contributed by atoms with E-state index in [0.29, 0.717) is 5.56 Å². The molecule has 1 aromatic heterocycles. The summed E-state index contributed by atoms with van der Waals surface area (Å²) in [4.78, 5) is 15.7. The number of carbonyl (C=O) groups is 1. The molecule has 1 heterocycles. The maximum atomic E-state index is 14.1. The molecular formula is C23H19F4N3O4S. The predicted octanol–water partition coefficient (Wildman–Crippen LogP) is 4.73. The number of alkyl halides is 3. The maximum Gasteiger partial charge on any atom is 0.433 e. The number of benzene rings is 2. The van der Waals surface area contributed by atoms with Gasteiger partial charge in [0.2, 0.25) is 21.8 Å². The Kier molecular flexibility index (Phi) is 7.75. The van der Waals surface area contributed by atoms with Crippen LogP contribution in [-0.2, 0) is 27.5 Å². The summed E-state index contributed by atoms with van der Waals surface area (Å²) in [5, 5.41) is 2.50. The topological polar surface area (TPSA) is 97.4 Å². The Morgan fingerprint density at radius 1 is 1.09 bits per heavy atom. The number of anilines is 1. The van der Waals surface area contributed by atoms with Gasteiger partial charge in [-0.1, -0.05) is 24.3 Å². The molecule has 0 aliphatic heterocycles. The zero-order chi connectivity index (χ0) is 25.6. The van der Waals surface area contributed by atoms with E-state index in [4.69, 9.17) is 4.74 Å². The average Bonchev–Trinajstić information content (AvgIpc) is 2.77. The third-order valence-electron chi connectivity index (χ3n) is 4.35. The summed E-state index contributed by atoms with van der Waals surface area (Å²) < 4.78 is 83.3. The number of pyridine rings is 1. The Balaban J connectivity index is 1.71. The highest BCUT2D eigenvalue weighted by Crippen LogP contribution is 2.32. The molecule has 0 bridgehead atoms. The van der Waals surface area contributed by atoms with Gasteiger partial charge in [0.25, 0.3) is 0 Å². The highest BCUT2D eigenvalue weighted by molar-refractivity contribution is 7.92. The lowest BCUT2D eigenvalue weighted by atomic mass is 10.2. The first kappa shape index (κ1) is 25.7. The van der Waals surface area contributed by atoms with Crippen molar-refractivity contribution in [3.63, 3.8) is 0 Å². The molecule has 0 aliphatic carbocycles. The van der Waals surface area contributed by atoms with Gasteiger partial charge in [0.15, 0.2) is 0 Å². The molecule has 0 unspecified atom stereocenters. The molecule has 7 nitrogen and oxygen atoms in total. The van der Waals surface area contributed by atoms with E-state index in [-0.39, 0.29) is 29.4 Å². The van der Waals surface area contributed by atoms with Crippen molar-refractivity contribution >= 4 is 27.7 Å². The van der Waals surface area contributed by atoms with Crippen molar-refractivity contribution < 1.29 is 35.5 Å². The molecule has 0 saturated heterocycles. The molecule has 35 heavy (non-hydrogen) atoms. The summed E-state index contributed by atoms with van der Waals surface area (Å²) in [6, 6.07) is 13.7. The SMILES string of the molecule is CS(=O)(=O)Nc1ccc(CNC(=O)C=Cc2ccc(C(F)(F)F)nc2Oc2ccccc2)cc1F. The molecule has 2 aromatic carbocycles. The van der Waals surface area contributed by atoms with Crippen LogP contribution in [0.5, 0.6) is 11.6 Å². The quantitative estimate of drug-likeness (QED) is 0.338. The first-order chi connectivity index (χ1) is 16.4. The summed E-state index contributed by atoms with van der Waals surface area (Å²) in [6.45, 7) is -0.0854. The van der Waals surface area contributed by atoms with Crippen LogP contribution < -0.4 is 14.8 Å². The predicted molar refractivity (Wildman–Crippen MR) is 122 cm³/mol. The molecule has 1 amide bonds. The van der Waals surface area contributed by atoms with Gasteiger partial charge in [-0.2, -0.15) is 13.2 Å². The number of hydrogen-bond acceptors (Lipinski definition) is 5. The van der Waals surface area contributed by atoms with Gasteiger partial charge in [0.1, 0.15) is 17.3 Å². The third-order valence-corrected chi connectivity index (χ3v) is 4.94. The average molecular weight is 509 g/mol. The fourth-order valence-electron chi connectivity index (χ4n) is 2.78. The summed E-state index contributed by atoms with van der Waals surface area (Å²) in [7, 11) is -3.65. The normalized spacial score (nSPS) is 11.9. The minimum atomic E-state index is -4.68. The van der Waals surface area contributed by atoms with Gasteiger partial charge >= 0.3 is 6.18 Å². The number of sulfonamides is 1. The van der Waals surface area contributed by atoms with Gasteiger partial charge in [-0.25, -0.2) is 17.8 Å². The van der Waals surface area contributed by atoms with Crippen molar-refractivity contribution in [1.82, 2.24) is 10.3 Å². The number of nitrogens with zero attached hydrogens (tertiary/aromatic N) is 1. The highest BCUT2D eigenvalue weighted by atomic mass is 32.2. The molecule has 0 fully saturated rings. The van der Waals surface area contributed by atoms with Crippen molar-refractivity contribution in [3.05, 3.63) is 89.4 Å². The molecule has 0 spiro atoms. The molecule has 0 saturated carbocycles. The summed E-state index contributed by atoms with van der Waals surface area (Å²) in [6.07, 6.45) is -1.50. The lowest BCUT2D eigenvalue weighted by molar-refractivity contribution is -0.141. The third kappa shape index (κ3) is 7.81. The number of para-hydroxylation sites is 1. The van der Waals surface area contributed by atoms with Crippen molar-refractivity contribution in [1.29, 1.82) is 0 Å². The Hall–Kier alpha value is -3.93. The molecular weight excluding hydrogens is 490 g/mol. The standard InChI is InChI=1S/C23H19F4N3O4S/c1-35(32,33)30-19-10-7-15(13-18(19)24)14-28-21(31)12-9-16-8-11-20(23(25,26)27)29-22(16)34-17-5-3-2-4-6-17/h2-13,30H,14H2,1H3,(H,28,31). The van der Waals surface area contributed by atoms with E-state index in [2.05, 4.69) is 10.3 Å². The van der Waals surface area contributed by atoms with Gasteiger partial charge in [-0.05, 0) is 48.0 Å². The second-order valence-corrected chi connectivity index (χ2v) is 8.99. The van der Waals surface area contributed by atoms with Crippen LogP contribution in [0.3, 0.4) is 0 Å². The lowest BCUT2D eigenvalue weighted by Crippen LogP contribution is -2.20. The summed E-state index contributed by atoms with van der Waals surface area (Å²) in [5.41, 5.74) is -0.907. The zero-order valence-electron chi connectivity index (χ0n) is 18.1. The van der Waals surface area contributed by atoms with Gasteiger partial charge in [0, 0.05) is 18.2 Å². The number of halogens is 4. The number of hydrogen-bond donors (Lipinski definition) is 2. The number of ether oxygens (including phenoxy) is 1. The van der Waals surface area contributed by atoms with Gasteiger partial charge in [-0.15, -0.1) is 0 Å². The zero-order valence-corrected chi connectivity index (χ0v) is 19.0. The van der Waals surface area contributed by atoms with Crippen LogP contribution in [0, 0.1) is 5.82 Å². The largest absolute Gasteiger partial charge is 0.438 e. The molecule has 2 N–H and O–H groups in total. The minimum absolute atomic E-state index is 0.0854. The first-order valence-electron chi connectivity index (χ1n) is 9.94. The fraction of sp³-hybridized carbons (Fsp3) is 0.130. The van der Waals surface area contributed by atoms with E-state index in [0.717, 1.165) is 30.5 Å². The fourth-order valence-corrected chi connectivity index (χ4v) is 3.35. The molecule has 3 rings (SSSR count). The number of aromatic nitrogens is 1. The maximum absolute atomic E-state index is 14.1. The van der Waals surface area contributed by atoms with Gasteiger partial charge < -0.3 is 10.1 Å². The Labute approximate surface area is 198 Å². The molecule has 0 atom stereocenters. The van der Waals surface area contributed by atoms with Crippen molar-refractivity contribution in [2.45, 2.75) is 12.7 Å². The number of nitrogens with one attached hydrogen (secondary N) is 2. The van der Waals surface area contributed by atoms with E-state index in [1.54, 1.807) is 18.2 Å². The molecule has 0 aliphatic rings. The van der Waals surface area contributed by atoms with E-state index in [9.17, 15) is 30.8 Å². The van der Waals surface area contributed by atoms with Gasteiger partial charge in [0.05, 0.1) is 11.9 Å². The number of amides is 1. The van der Waals surface area contributed by atoms with Crippen molar-refractivity contribution in [3.8, 4) is 11.6 Å². The molecule has 184 valence electrons. The smallest absolute Gasteiger partial charge is 0.433 e. The molecule has 12 heteroatoms. The van der Waals surface area contributed by atoms with Crippen LogP contribution in [0.15, 0.2) is 66.7 Å². The second kappa shape index (κ2) is 10.6. The lowest BCUT2D eigenvalue weighted by Gasteiger charge is -2.11. The van der Waals surface area contributed by atoms with Crippen LogP contribution in [0.4, 0.5) is 23.2 Å². The van der Waals surface area contributed by atoms with Crippen LogP contribution >= 0.6 is 0 Å². The second-order valence-electron chi connectivity index (χ2n) is 7.24. The van der Waals surface area contributed by atoms with E-state index in [1.807, 2.05) is 4.72 Å². The monoisotopic (exact) mass is 509 g/mol. The van der Waals surface area contributed by atoms with Crippen LogP contribution in [0.1, 0.15) is 16.8 Å². The molecule has 0 radical (unpaired) electrons. The summed E-state index contributed by atoms with van der Waals surface area (Å²) >= 11 is 0. The number of carbonyl (C=O) groups excluding carboxylic acids is 1. The van der Waals surface area contributed by atoms with Crippen molar-refractivity contribution in [2.24, 2.45) is 0 Å². The van der Waals surface area contributed by atoms with Crippen LogP contribution in [0.2, 0.25) is 0 Å². The highest BCUT2D eigenvalue weighted by Gasteiger charge is 2.33. The number of rotatable bonds is 8. The van der Waals surface area contributed by atoms with E-state index < -0.39 is 33.6 Å². The minimum Gasteiger partial charge on any atom is -0.438 e. The Bertz CT molecular complexity index is 1340.